The molecule has 10 heteroatoms. The average Bonchev–Trinajstić information content (AvgIpc) is 3.02. The summed E-state index contributed by atoms with van der Waals surface area (Å²) in [5.74, 6) is 0. The van der Waals surface area contributed by atoms with Crippen molar-refractivity contribution in [2.75, 3.05) is 0 Å². The molecule has 0 fully saturated rings. The lowest BCUT2D eigenvalue weighted by molar-refractivity contribution is -0.384. The van der Waals surface area contributed by atoms with Crippen molar-refractivity contribution < 1.29 is 17.6 Å². The van der Waals surface area contributed by atoms with Crippen molar-refractivity contribution in [2.45, 2.75) is 4.90 Å². The summed E-state index contributed by atoms with van der Waals surface area (Å²) in [6.45, 7) is 0. The van der Waals surface area contributed by atoms with Gasteiger partial charge in [-0.05, 0) is 34.2 Å². The van der Waals surface area contributed by atoms with Gasteiger partial charge in [-0.25, -0.2) is 0 Å². The summed E-state index contributed by atoms with van der Waals surface area (Å²) in [7, 11) is -4.21. The molecule has 0 saturated heterocycles. The zero-order valence-electron chi connectivity index (χ0n) is 13.0. The van der Waals surface area contributed by atoms with Gasteiger partial charge in [-0.15, -0.1) is 5.10 Å². The maximum Gasteiger partial charge on any atom is 0.358 e. The first-order valence-electron chi connectivity index (χ1n) is 7.38. The zero-order valence-corrected chi connectivity index (χ0v) is 13.8. The van der Waals surface area contributed by atoms with Crippen LogP contribution < -0.4 is 4.28 Å². The van der Waals surface area contributed by atoms with E-state index in [-0.39, 0.29) is 21.6 Å². The molecule has 0 atom stereocenters. The Balaban J connectivity index is 1.76. The number of hydrogen-bond donors (Lipinski definition) is 0. The number of rotatable bonds is 4. The van der Waals surface area contributed by atoms with Crippen molar-refractivity contribution in [1.29, 1.82) is 0 Å². The number of nitrogens with zero attached hydrogens (tertiary/aromatic N) is 4. The molecule has 0 N–H and O–H groups in total. The van der Waals surface area contributed by atoms with Gasteiger partial charge in [0.1, 0.15) is 15.9 Å². The molecule has 0 bridgehead atoms. The van der Waals surface area contributed by atoms with Crippen molar-refractivity contribution in [1.82, 2.24) is 15.2 Å². The predicted molar refractivity (Wildman–Crippen MR) is 91.9 cm³/mol. The fourth-order valence-corrected chi connectivity index (χ4v) is 3.40. The molecule has 4 rings (SSSR count). The van der Waals surface area contributed by atoms with E-state index in [1.165, 1.54) is 24.3 Å². The highest BCUT2D eigenvalue weighted by molar-refractivity contribution is 7.87. The molecule has 26 heavy (non-hydrogen) atoms. The maximum atomic E-state index is 12.6. The fraction of sp³-hybridized carbons (Fsp3) is 0. The molecule has 130 valence electrons. The van der Waals surface area contributed by atoms with Gasteiger partial charge in [0.15, 0.2) is 0 Å². The Hall–Kier alpha value is -3.53. The number of nitro benzene ring substituents is 1. The van der Waals surface area contributed by atoms with Gasteiger partial charge in [0.05, 0.1) is 4.92 Å². The SMILES string of the molecule is O=[N+]([O-])c1ccc2nnn(OS(=O)(=O)c3ccc4ccccc4c3)c2c1. The molecule has 1 aromatic heterocycles. The molecular formula is C16H10N4O5S. The van der Waals surface area contributed by atoms with Crippen LogP contribution in [0, 0.1) is 10.1 Å². The molecule has 0 aliphatic rings. The Morgan fingerprint density at radius 3 is 2.54 bits per heavy atom. The quantitative estimate of drug-likeness (QED) is 0.399. The molecule has 0 radical (unpaired) electrons. The molecule has 4 aromatic rings. The third-order valence-corrected chi connectivity index (χ3v) is 4.96. The highest BCUT2D eigenvalue weighted by Crippen LogP contribution is 2.21. The first-order valence-corrected chi connectivity index (χ1v) is 8.78. The summed E-state index contributed by atoms with van der Waals surface area (Å²) < 4.78 is 30.1. The molecule has 3 aromatic carbocycles. The number of fused-ring (bicyclic) bond motifs is 2. The third-order valence-electron chi connectivity index (χ3n) is 3.79. The third kappa shape index (κ3) is 2.71. The zero-order chi connectivity index (χ0) is 18.3. The predicted octanol–water partition coefficient (Wildman–Crippen LogP) is 2.31. The van der Waals surface area contributed by atoms with Crippen molar-refractivity contribution in [3.8, 4) is 0 Å². The van der Waals surface area contributed by atoms with E-state index in [0.29, 0.717) is 4.85 Å². The summed E-state index contributed by atoms with van der Waals surface area (Å²) in [5, 5.41) is 19.9. The molecule has 0 saturated carbocycles. The summed E-state index contributed by atoms with van der Waals surface area (Å²) >= 11 is 0. The Bertz CT molecular complexity index is 1270. The van der Waals surface area contributed by atoms with Crippen LogP contribution >= 0.6 is 0 Å². The Morgan fingerprint density at radius 1 is 1.00 bits per heavy atom. The van der Waals surface area contributed by atoms with Gasteiger partial charge in [0.25, 0.3) is 5.69 Å². The van der Waals surface area contributed by atoms with Crippen molar-refractivity contribution >= 4 is 37.6 Å². The second kappa shape index (κ2) is 5.77. The van der Waals surface area contributed by atoms with Crippen LogP contribution in [0.25, 0.3) is 21.8 Å². The van der Waals surface area contributed by atoms with E-state index in [1.54, 1.807) is 18.2 Å². The highest BCUT2D eigenvalue weighted by Gasteiger charge is 2.21. The van der Waals surface area contributed by atoms with Gasteiger partial charge in [0, 0.05) is 12.1 Å². The second-order valence-corrected chi connectivity index (χ2v) is 6.96. The van der Waals surface area contributed by atoms with Gasteiger partial charge in [-0.1, -0.05) is 35.2 Å². The minimum atomic E-state index is -4.21. The standard InChI is InChI=1S/C16H10N4O5S/c21-20(22)13-6-8-15-16(10-13)19(18-17-15)25-26(23,24)14-7-5-11-3-1-2-4-12(11)9-14/h1-10H. The van der Waals surface area contributed by atoms with Crippen LogP contribution in [-0.2, 0) is 10.1 Å². The van der Waals surface area contributed by atoms with Crippen LogP contribution in [0.4, 0.5) is 5.69 Å². The van der Waals surface area contributed by atoms with E-state index in [1.807, 2.05) is 12.1 Å². The van der Waals surface area contributed by atoms with Gasteiger partial charge >= 0.3 is 10.1 Å². The molecule has 0 amide bonds. The molecule has 0 aliphatic carbocycles. The Morgan fingerprint density at radius 2 is 1.77 bits per heavy atom. The molecule has 0 unspecified atom stereocenters. The number of non-ortho nitro benzene ring substituents is 1. The largest absolute Gasteiger partial charge is 0.358 e. The second-order valence-electron chi connectivity index (χ2n) is 5.43. The highest BCUT2D eigenvalue weighted by atomic mass is 32.2. The molecule has 0 aliphatic heterocycles. The lowest BCUT2D eigenvalue weighted by Crippen LogP contribution is -2.21. The minimum absolute atomic E-state index is 0.0646. The fourth-order valence-electron chi connectivity index (χ4n) is 2.51. The lowest BCUT2D eigenvalue weighted by Gasteiger charge is -2.07. The monoisotopic (exact) mass is 370 g/mol. The lowest BCUT2D eigenvalue weighted by atomic mass is 10.1. The van der Waals surface area contributed by atoms with E-state index >= 15 is 0 Å². The molecule has 1 heterocycles. The maximum absolute atomic E-state index is 12.6. The van der Waals surface area contributed by atoms with Crippen LogP contribution in [0.1, 0.15) is 0 Å². The number of aromatic nitrogens is 3. The summed E-state index contributed by atoms with van der Waals surface area (Å²) in [4.78, 5) is 10.9. The summed E-state index contributed by atoms with van der Waals surface area (Å²) in [6.07, 6.45) is 0. The van der Waals surface area contributed by atoms with E-state index in [4.69, 9.17) is 4.28 Å². The molecular weight excluding hydrogens is 360 g/mol. The Kier molecular flexibility index (Phi) is 3.55. The number of benzene rings is 3. The van der Waals surface area contributed by atoms with Crippen LogP contribution in [0.3, 0.4) is 0 Å². The normalized spacial score (nSPS) is 11.7. The number of nitro groups is 1. The van der Waals surface area contributed by atoms with Crippen LogP contribution in [0.5, 0.6) is 0 Å². The van der Waals surface area contributed by atoms with E-state index in [2.05, 4.69) is 10.3 Å². The van der Waals surface area contributed by atoms with Crippen LogP contribution in [-0.4, -0.2) is 28.5 Å². The van der Waals surface area contributed by atoms with Crippen LogP contribution in [0.15, 0.2) is 65.6 Å². The molecule has 9 nitrogen and oxygen atoms in total. The van der Waals surface area contributed by atoms with Gasteiger partial charge < -0.3 is 0 Å². The van der Waals surface area contributed by atoms with E-state index < -0.39 is 15.0 Å². The Labute approximate surface area is 146 Å². The minimum Gasteiger partial charge on any atom is -0.264 e. The topological polar surface area (TPSA) is 117 Å². The van der Waals surface area contributed by atoms with E-state index in [9.17, 15) is 18.5 Å². The van der Waals surface area contributed by atoms with Crippen molar-refractivity contribution in [3.05, 3.63) is 70.8 Å². The van der Waals surface area contributed by atoms with Crippen LogP contribution in [0.2, 0.25) is 0 Å². The first kappa shape index (κ1) is 16.0. The number of hydrogen-bond acceptors (Lipinski definition) is 7. The molecule has 0 spiro atoms. The average molecular weight is 370 g/mol. The van der Waals surface area contributed by atoms with Gasteiger partial charge in [0.2, 0.25) is 0 Å². The smallest absolute Gasteiger partial charge is 0.264 e. The van der Waals surface area contributed by atoms with E-state index in [0.717, 1.165) is 16.8 Å². The summed E-state index contributed by atoms with van der Waals surface area (Å²) in [5.41, 5.74) is 0.112. The van der Waals surface area contributed by atoms with Crippen molar-refractivity contribution in [2.24, 2.45) is 0 Å². The summed E-state index contributed by atoms with van der Waals surface area (Å²) in [6, 6.07) is 15.6. The van der Waals surface area contributed by atoms with Gasteiger partial charge in [-0.2, -0.15) is 8.42 Å². The van der Waals surface area contributed by atoms with Gasteiger partial charge in [-0.3, -0.25) is 14.4 Å². The van der Waals surface area contributed by atoms with Crippen molar-refractivity contribution in [3.63, 3.8) is 0 Å². The first-order chi connectivity index (χ1) is 12.4.